The lowest BCUT2D eigenvalue weighted by molar-refractivity contribution is 0.660. The van der Waals surface area contributed by atoms with Gasteiger partial charge in [-0.3, -0.25) is 0 Å². The molecule has 0 radical (unpaired) electrons. The molecule has 0 spiro atoms. The summed E-state index contributed by atoms with van der Waals surface area (Å²) in [7, 11) is 0. The van der Waals surface area contributed by atoms with Gasteiger partial charge in [0, 0.05) is 11.8 Å². The highest BCUT2D eigenvalue weighted by atomic mass is 32.2. The van der Waals surface area contributed by atoms with Crippen molar-refractivity contribution in [3.05, 3.63) is 5.51 Å². The quantitative estimate of drug-likeness (QED) is 0.741. The van der Waals surface area contributed by atoms with Crippen molar-refractivity contribution < 1.29 is 0 Å². The molecule has 1 aromatic heterocycles. The molecule has 0 saturated carbocycles. The summed E-state index contributed by atoms with van der Waals surface area (Å²) in [5.41, 5.74) is 7.58. The van der Waals surface area contributed by atoms with Crippen LogP contribution in [0.2, 0.25) is 0 Å². The van der Waals surface area contributed by atoms with Crippen LogP contribution in [0.3, 0.4) is 0 Å². The molecule has 0 bridgehead atoms. The first kappa shape index (κ1) is 9.95. The Bertz CT molecular complexity index is 200. The number of hydrogen-bond acceptors (Lipinski definition) is 5. The van der Waals surface area contributed by atoms with E-state index in [0.29, 0.717) is 6.04 Å². The molecule has 0 aliphatic carbocycles. The summed E-state index contributed by atoms with van der Waals surface area (Å²) in [6.45, 7) is 2.15. The van der Waals surface area contributed by atoms with Crippen LogP contribution in [0.5, 0.6) is 0 Å². The van der Waals surface area contributed by atoms with Gasteiger partial charge in [-0.05, 0) is 6.42 Å². The first-order chi connectivity index (χ1) is 5.83. The lowest BCUT2D eigenvalue weighted by atomic mass is 10.2. The number of nitrogens with zero attached hydrogens (tertiary/aromatic N) is 2. The van der Waals surface area contributed by atoms with E-state index in [4.69, 9.17) is 5.73 Å². The van der Waals surface area contributed by atoms with Gasteiger partial charge in [0.1, 0.15) is 5.51 Å². The molecule has 0 aliphatic heterocycles. The molecule has 0 saturated heterocycles. The molecule has 5 heteroatoms. The van der Waals surface area contributed by atoms with Crippen LogP contribution in [0, 0.1) is 0 Å². The minimum absolute atomic E-state index is 0.295. The van der Waals surface area contributed by atoms with E-state index in [1.807, 2.05) is 0 Å². The van der Waals surface area contributed by atoms with Crippen LogP contribution in [0.1, 0.15) is 19.8 Å². The van der Waals surface area contributed by atoms with Gasteiger partial charge >= 0.3 is 0 Å². The number of thioether (sulfide) groups is 1. The zero-order chi connectivity index (χ0) is 8.81. The van der Waals surface area contributed by atoms with Crippen LogP contribution >= 0.6 is 23.1 Å². The van der Waals surface area contributed by atoms with E-state index in [1.54, 1.807) is 28.6 Å². The van der Waals surface area contributed by atoms with Gasteiger partial charge in [-0.2, -0.15) is 0 Å². The van der Waals surface area contributed by atoms with E-state index in [1.165, 1.54) is 0 Å². The molecule has 1 aromatic rings. The Labute approximate surface area is 80.8 Å². The molecule has 1 rings (SSSR count). The van der Waals surface area contributed by atoms with Gasteiger partial charge < -0.3 is 5.73 Å². The SMILES string of the molecule is CCCC(N)CSc1nncs1. The van der Waals surface area contributed by atoms with Gasteiger partial charge in [-0.15, -0.1) is 10.2 Å². The molecule has 3 nitrogen and oxygen atoms in total. The lowest BCUT2D eigenvalue weighted by Crippen LogP contribution is -2.22. The van der Waals surface area contributed by atoms with E-state index in [9.17, 15) is 0 Å². The Morgan fingerprint density at radius 3 is 3.17 bits per heavy atom. The average molecular weight is 203 g/mol. The molecule has 0 fully saturated rings. The zero-order valence-electron chi connectivity index (χ0n) is 7.06. The zero-order valence-corrected chi connectivity index (χ0v) is 8.70. The summed E-state index contributed by atoms with van der Waals surface area (Å²) in [5, 5.41) is 7.68. The molecule has 12 heavy (non-hydrogen) atoms. The summed E-state index contributed by atoms with van der Waals surface area (Å²) in [4.78, 5) is 0. The summed E-state index contributed by atoms with van der Waals surface area (Å²) in [5.74, 6) is 0.947. The van der Waals surface area contributed by atoms with Crippen LogP contribution in [0.4, 0.5) is 0 Å². The van der Waals surface area contributed by atoms with E-state index in [0.717, 1.165) is 22.9 Å². The normalized spacial score (nSPS) is 13.2. The first-order valence-electron chi connectivity index (χ1n) is 3.97. The van der Waals surface area contributed by atoms with Gasteiger partial charge in [0.05, 0.1) is 0 Å². The maximum Gasteiger partial charge on any atom is 0.174 e. The van der Waals surface area contributed by atoms with Gasteiger partial charge in [-0.25, -0.2) is 0 Å². The molecule has 1 heterocycles. The van der Waals surface area contributed by atoms with Gasteiger partial charge in [0.25, 0.3) is 0 Å². The second kappa shape index (κ2) is 5.50. The van der Waals surface area contributed by atoms with Crippen molar-refractivity contribution in [2.75, 3.05) is 5.75 Å². The van der Waals surface area contributed by atoms with Gasteiger partial charge in [0.2, 0.25) is 0 Å². The van der Waals surface area contributed by atoms with Gasteiger partial charge in [-0.1, -0.05) is 36.4 Å². The predicted octanol–water partition coefficient (Wildman–Crippen LogP) is 1.76. The van der Waals surface area contributed by atoms with Crippen molar-refractivity contribution in [2.45, 2.75) is 30.1 Å². The van der Waals surface area contributed by atoms with Crippen LogP contribution in [-0.2, 0) is 0 Å². The third kappa shape index (κ3) is 3.51. The number of aromatic nitrogens is 2. The van der Waals surface area contributed by atoms with Crippen molar-refractivity contribution in [1.29, 1.82) is 0 Å². The smallest absolute Gasteiger partial charge is 0.174 e. The highest BCUT2D eigenvalue weighted by Gasteiger charge is 2.03. The Morgan fingerprint density at radius 2 is 2.58 bits per heavy atom. The van der Waals surface area contributed by atoms with Crippen molar-refractivity contribution >= 4 is 23.1 Å². The predicted molar refractivity (Wildman–Crippen MR) is 53.5 cm³/mol. The minimum atomic E-state index is 0.295. The Balaban J connectivity index is 2.17. The maximum absolute atomic E-state index is 5.84. The van der Waals surface area contributed by atoms with Crippen LogP contribution in [-0.4, -0.2) is 22.0 Å². The van der Waals surface area contributed by atoms with E-state index in [2.05, 4.69) is 17.1 Å². The van der Waals surface area contributed by atoms with Crippen LogP contribution in [0.15, 0.2) is 9.85 Å². The first-order valence-corrected chi connectivity index (χ1v) is 5.84. The Morgan fingerprint density at radius 1 is 1.75 bits per heavy atom. The topological polar surface area (TPSA) is 51.8 Å². The molecule has 1 atom stereocenters. The largest absolute Gasteiger partial charge is 0.327 e. The van der Waals surface area contributed by atoms with Crippen LogP contribution < -0.4 is 5.73 Å². The number of nitrogens with two attached hydrogens (primary N) is 1. The maximum atomic E-state index is 5.84. The van der Waals surface area contributed by atoms with E-state index in [-0.39, 0.29) is 0 Å². The van der Waals surface area contributed by atoms with Crippen molar-refractivity contribution in [2.24, 2.45) is 5.73 Å². The molecule has 1 unspecified atom stereocenters. The van der Waals surface area contributed by atoms with Gasteiger partial charge in [0.15, 0.2) is 4.34 Å². The van der Waals surface area contributed by atoms with Crippen LogP contribution in [0.25, 0.3) is 0 Å². The molecule has 0 aliphatic rings. The minimum Gasteiger partial charge on any atom is -0.327 e. The average Bonchev–Trinajstić information content (AvgIpc) is 2.53. The molecule has 2 N–H and O–H groups in total. The summed E-state index contributed by atoms with van der Waals surface area (Å²) in [6.07, 6.45) is 2.24. The Kier molecular flexibility index (Phi) is 4.57. The monoisotopic (exact) mass is 203 g/mol. The third-order valence-electron chi connectivity index (χ3n) is 1.42. The highest BCUT2D eigenvalue weighted by Crippen LogP contribution is 2.19. The lowest BCUT2D eigenvalue weighted by Gasteiger charge is -2.06. The second-order valence-electron chi connectivity index (χ2n) is 2.56. The summed E-state index contributed by atoms with van der Waals surface area (Å²) < 4.78 is 1.02. The molecular formula is C7H13N3S2. The fraction of sp³-hybridized carbons (Fsp3) is 0.714. The molecule has 0 amide bonds. The Hall–Kier alpha value is -0.130. The van der Waals surface area contributed by atoms with E-state index >= 15 is 0 Å². The number of rotatable bonds is 5. The summed E-state index contributed by atoms with van der Waals surface area (Å²) >= 11 is 3.26. The second-order valence-corrected chi connectivity index (χ2v) is 4.66. The van der Waals surface area contributed by atoms with E-state index < -0.39 is 0 Å². The van der Waals surface area contributed by atoms with Crippen molar-refractivity contribution in [3.63, 3.8) is 0 Å². The fourth-order valence-corrected chi connectivity index (χ4v) is 2.37. The standard InChI is InChI=1S/C7H13N3S2/c1-2-3-6(8)4-11-7-10-9-5-12-7/h5-6H,2-4,8H2,1H3. The van der Waals surface area contributed by atoms with Crippen molar-refractivity contribution in [1.82, 2.24) is 10.2 Å². The summed E-state index contributed by atoms with van der Waals surface area (Å²) in [6, 6.07) is 0.295. The fourth-order valence-electron chi connectivity index (χ4n) is 0.858. The molecular weight excluding hydrogens is 190 g/mol. The number of hydrogen-bond donors (Lipinski definition) is 1. The third-order valence-corrected chi connectivity index (χ3v) is 3.47. The molecule has 0 aromatic carbocycles. The highest BCUT2D eigenvalue weighted by molar-refractivity contribution is 8.01. The molecule has 68 valence electrons. The van der Waals surface area contributed by atoms with Crippen molar-refractivity contribution in [3.8, 4) is 0 Å².